The van der Waals surface area contributed by atoms with Crippen LogP contribution in [0.4, 0.5) is 39.5 Å². The van der Waals surface area contributed by atoms with E-state index in [0.29, 0.717) is 43.1 Å². The van der Waals surface area contributed by atoms with Gasteiger partial charge in [-0.3, -0.25) is 0 Å². The number of halogens is 9. The van der Waals surface area contributed by atoms with Crippen LogP contribution in [0.2, 0.25) is 0 Å². The van der Waals surface area contributed by atoms with Crippen LogP contribution in [0.5, 0.6) is 0 Å². The van der Waals surface area contributed by atoms with E-state index in [9.17, 15) is 45.0 Å². The van der Waals surface area contributed by atoms with Crippen LogP contribution in [-0.4, -0.2) is 51.6 Å². The minimum absolute atomic E-state index is 0.205. The highest BCUT2D eigenvalue weighted by Crippen LogP contribution is 2.71. The van der Waals surface area contributed by atoms with Gasteiger partial charge in [-0.15, -0.1) is 0 Å². The number of carbonyl (C=O) groups excluding carboxylic acids is 1. The second kappa shape index (κ2) is 9.26. The summed E-state index contributed by atoms with van der Waals surface area (Å²) in [5.41, 5.74) is -10.4. The zero-order chi connectivity index (χ0) is 30.4. The maximum absolute atomic E-state index is 15.7. The first-order valence-electron chi connectivity index (χ1n) is 14.0. The van der Waals surface area contributed by atoms with E-state index in [2.05, 4.69) is 0 Å². The van der Waals surface area contributed by atoms with E-state index in [1.807, 2.05) is 0 Å². The standard InChI is InChI=1S/C29H33F9O3/c1-16(2)25(20-11-18-10-19(13-20)14-21(25)12-18)41-22(39)23(40,9-8-17-6-4-3-5-7-17)15-24(30)26(31,32)28(35,36)29(37,38)27(24,33)34/h3-7,16,18-21,40H,8-15H2,1-2H3. The van der Waals surface area contributed by atoms with Gasteiger partial charge in [0, 0.05) is 6.42 Å². The molecule has 1 atom stereocenters. The molecule has 0 spiro atoms. The Hall–Kier alpha value is -1.98. The number of hydrogen-bond donors (Lipinski definition) is 1. The van der Waals surface area contributed by atoms with E-state index < -0.39 is 59.4 Å². The minimum Gasteiger partial charge on any atom is -0.456 e. The number of rotatable bonds is 8. The molecular weight excluding hydrogens is 567 g/mol. The van der Waals surface area contributed by atoms with E-state index in [4.69, 9.17) is 4.74 Å². The average molecular weight is 601 g/mol. The highest BCUT2D eigenvalue weighted by atomic mass is 19.4. The first-order valence-corrected chi connectivity index (χ1v) is 14.0. The number of esters is 1. The molecule has 3 nitrogen and oxygen atoms in total. The smallest absolute Gasteiger partial charge is 0.381 e. The molecule has 0 aromatic heterocycles. The first kappa shape index (κ1) is 30.5. The fraction of sp³-hybridized carbons (Fsp3) is 0.759. The molecule has 1 N–H and O–H groups in total. The number of aryl methyl sites for hydroxylation is 1. The lowest BCUT2D eigenvalue weighted by molar-refractivity contribution is -0.303. The maximum Gasteiger partial charge on any atom is 0.381 e. The molecule has 1 unspecified atom stereocenters. The molecule has 5 fully saturated rings. The summed E-state index contributed by atoms with van der Waals surface area (Å²) < 4.78 is 136. The molecule has 0 saturated heterocycles. The van der Waals surface area contributed by atoms with Crippen molar-refractivity contribution < 1.29 is 54.2 Å². The van der Waals surface area contributed by atoms with Crippen molar-refractivity contribution in [3.63, 3.8) is 0 Å². The molecule has 5 aliphatic carbocycles. The van der Waals surface area contributed by atoms with Crippen molar-refractivity contribution in [3.05, 3.63) is 35.9 Å². The molecule has 0 radical (unpaired) electrons. The van der Waals surface area contributed by atoms with E-state index in [1.54, 1.807) is 19.9 Å². The lowest BCUT2D eigenvalue weighted by Crippen LogP contribution is -2.65. The Labute approximate surface area is 231 Å². The van der Waals surface area contributed by atoms with Gasteiger partial charge < -0.3 is 9.84 Å². The number of carbonyl (C=O) groups is 1. The zero-order valence-corrected chi connectivity index (χ0v) is 22.6. The Morgan fingerprint density at radius 2 is 1.29 bits per heavy atom. The minimum atomic E-state index is -6.80. The van der Waals surface area contributed by atoms with Gasteiger partial charge in [-0.25, -0.2) is 9.18 Å². The van der Waals surface area contributed by atoms with E-state index >= 15 is 4.39 Å². The Balaban J connectivity index is 1.54. The lowest BCUT2D eigenvalue weighted by atomic mass is 9.47. The fourth-order valence-electron chi connectivity index (χ4n) is 8.38. The second-order valence-corrected chi connectivity index (χ2v) is 13.0. The van der Waals surface area contributed by atoms with Crippen LogP contribution in [0.3, 0.4) is 0 Å². The highest BCUT2D eigenvalue weighted by molar-refractivity contribution is 5.80. The summed E-state index contributed by atoms with van der Waals surface area (Å²) in [5.74, 6) is -28.7. The van der Waals surface area contributed by atoms with Crippen LogP contribution in [-0.2, 0) is 16.0 Å². The molecule has 5 aliphatic rings. The summed E-state index contributed by atoms with van der Waals surface area (Å²) in [6, 6.07) is 7.62. The third-order valence-corrected chi connectivity index (χ3v) is 10.4. The van der Waals surface area contributed by atoms with Crippen LogP contribution >= 0.6 is 0 Å². The molecule has 41 heavy (non-hydrogen) atoms. The Bertz CT molecular complexity index is 1120. The molecular formula is C29H33F9O3. The first-order chi connectivity index (χ1) is 18.8. The molecule has 6 rings (SSSR count). The lowest BCUT2D eigenvalue weighted by Gasteiger charge is -2.62. The van der Waals surface area contributed by atoms with Crippen molar-refractivity contribution in [2.24, 2.45) is 29.6 Å². The molecule has 0 heterocycles. The zero-order valence-electron chi connectivity index (χ0n) is 22.6. The van der Waals surface area contributed by atoms with Crippen LogP contribution in [0.1, 0.15) is 64.4 Å². The number of hydrogen-bond acceptors (Lipinski definition) is 3. The largest absolute Gasteiger partial charge is 0.456 e. The normalized spacial score (nSPS) is 36.7. The van der Waals surface area contributed by atoms with Gasteiger partial charge in [0.15, 0.2) is 5.60 Å². The predicted molar refractivity (Wildman–Crippen MR) is 129 cm³/mol. The third kappa shape index (κ3) is 3.93. The number of ether oxygens (including phenoxy) is 1. The van der Waals surface area contributed by atoms with Gasteiger partial charge >= 0.3 is 29.7 Å². The van der Waals surface area contributed by atoms with Crippen molar-refractivity contribution in [2.75, 3.05) is 0 Å². The summed E-state index contributed by atoms with van der Waals surface area (Å²) in [4.78, 5) is 13.8. The molecule has 1 aromatic carbocycles. The highest BCUT2D eigenvalue weighted by Gasteiger charge is 3.00. The Morgan fingerprint density at radius 1 is 0.829 bits per heavy atom. The second-order valence-electron chi connectivity index (χ2n) is 13.0. The van der Waals surface area contributed by atoms with Crippen LogP contribution in [0, 0.1) is 29.6 Å². The van der Waals surface area contributed by atoms with E-state index in [1.165, 1.54) is 24.3 Å². The molecule has 230 valence electrons. The van der Waals surface area contributed by atoms with E-state index in [0.717, 1.165) is 6.42 Å². The van der Waals surface area contributed by atoms with Gasteiger partial charge in [0.05, 0.1) is 0 Å². The van der Waals surface area contributed by atoms with Gasteiger partial charge in [-0.1, -0.05) is 44.2 Å². The van der Waals surface area contributed by atoms with Crippen molar-refractivity contribution in [2.45, 2.75) is 106 Å². The van der Waals surface area contributed by atoms with Crippen molar-refractivity contribution in [3.8, 4) is 0 Å². The van der Waals surface area contributed by atoms with E-state index in [-0.39, 0.29) is 24.2 Å². The predicted octanol–water partition coefficient (Wildman–Crippen LogP) is 7.40. The maximum atomic E-state index is 15.7. The third-order valence-electron chi connectivity index (χ3n) is 10.4. The van der Waals surface area contributed by atoms with Gasteiger partial charge in [-0.05, 0) is 80.1 Å². The molecule has 0 aliphatic heterocycles. The van der Waals surface area contributed by atoms with Crippen molar-refractivity contribution in [1.29, 1.82) is 0 Å². The Morgan fingerprint density at radius 3 is 1.73 bits per heavy atom. The SMILES string of the molecule is CC(C)C1(OC(=O)C(O)(CCc2ccccc2)CC2(F)C(F)(F)C(F)(F)C(F)(F)C2(F)F)C2CC3CC(C2)CC1C3. The Kier molecular flexibility index (Phi) is 6.88. The summed E-state index contributed by atoms with van der Waals surface area (Å²) in [6.45, 7) is 3.49. The summed E-state index contributed by atoms with van der Waals surface area (Å²) in [7, 11) is 0. The number of benzene rings is 1. The summed E-state index contributed by atoms with van der Waals surface area (Å²) in [5, 5.41) is 11.5. The molecule has 0 amide bonds. The van der Waals surface area contributed by atoms with Crippen molar-refractivity contribution >= 4 is 5.97 Å². The van der Waals surface area contributed by atoms with Gasteiger partial charge in [0.2, 0.25) is 0 Å². The van der Waals surface area contributed by atoms with Gasteiger partial charge in [0.1, 0.15) is 5.60 Å². The van der Waals surface area contributed by atoms with Gasteiger partial charge in [0.25, 0.3) is 5.67 Å². The monoisotopic (exact) mass is 600 g/mol. The van der Waals surface area contributed by atoms with Crippen LogP contribution in [0.25, 0.3) is 0 Å². The quantitative estimate of drug-likeness (QED) is 0.250. The summed E-state index contributed by atoms with van der Waals surface area (Å²) in [6.07, 6.45) is -0.424. The molecule has 5 saturated carbocycles. The fourth-order valence-corrected chi connectivity index (χ4v) is 8.38. The van der Waals surface area contributed by atoms with Crippen molar-refractivity contribution in [1.82, 2.24) is 0 Å². The van der Waals surface area contributed by atoms with Crippen LogP contribution < -0.4 is 0 Å². The topological polar surface area (TPSA) is 46.5 Å². The number of alkyl halides is 9. The average Bonchev–Trinajstić information content (AvgIpc) is 2.93. The van der Waals surface area contributed by atoms with Crippen LogP contribution in [0.15, 0.2) is 30.3 Å². The molecule has 4 bridgehead atoms. The summed E-state index contributed by atoms with van der Waals surface area (Å²) >= 11 is 0. The van der Waals surface area contributed by atoms with Gasteiger partial charge in [-0.2, -0.15) is 35.1 Å². The molecule has 12 heteroatoms. The number of aliphatic hydroxyl groups is 1. The molecule has 1 aromatic rings.